The molecule has 2 heterocycles. The fourth-order valence-electron chi connectivity index (χ4n) is 2.02. The van der Waals surface area contributed by atoms with E-state index in [-0.39, 0.29) is 5.41 Å². The Hall–Kier alpha value is -0.210. The van der Waals surface area contributed by atoms with Crippen molar-refractivity contribution in [2.24, 2.45) is 5.41 Å². The zero-order valence-electron chi connectivity index (χ0n) is 10.8. The Balaban J connectivity index is 1.96. The topological polar surface area (TPSA) is 59.1 Å². The molecule has 1 spiro atoms. The van der Waals surface area contributed by atoms with Crippen LogP contribution in [-0.4, -0.2) is 63.2 Å². The van der Waals surface area contributed by atoms with E-state index in [1.165, 1.54) is 22.7 Å². The molecule has 6 nitrogen and oxygen atoms in total. The summed E-state index contributed by atoms with van der Waals surface area (Å²) < 4.78 is 37.5. The summed E-state index contributed by atoms with van der Waals surface area (Å²) in [5.74, 6) is -0.550. The van der Waals surface area contributed by atoms with Gasteiger partial charge in [-0.25, -0.2) is 0 Å². The summed E-state index contributed by atoms with van der Waals surface area (Å²) in [7, 11) is -0.211. The largest absolute Gasteiger partial charge is 0.350 e. The molecule has 0 atom stereocenters. The van der Waals surface area contributed by atoms with Gasteiger partial charge in [0.25, 0.3) is 10.2 Å². The molecule has 100 valence electrons. The normalized spacial score (nSPS) is 28.3. The Morgan fingerprint density at radius 2 is 1.59 bits per heavy atom. The second kappa shape index (κ2) is 3.89. The molecule has 2 fully saturated rings. The van der Waals surface area contributed by atoms with E-state index in [0.29, 0.717) is 26.3 Å². The molecule has 0 aromatic carbocycles. The van der Waals surface area contributed by atoms with Crippen LogP contribution in [0.4, 0.5) is 0 Å². The lowest BCUT2D eigenvalue weighted by atomic mass is 9.82. The van der Waals surface area contributed by atoms with Crippen LogP contribution in [0.1, 0.15) is 13.8 Å². The average Bonchev–Trinajstić information content (AvgIpc) is 2.14. The average molecular weight is 264 g/mol. The number of rotatable bonds is 2. The highest BCUT2D eigenvalue weighted by Crippen LogP contribution is 2.39. The van der Waals surface area contributed by atoms with Crippen molar-refractivity contribution >= 4 is 10.2 Å². The lowest BCUT2D eigenvalue weighted by Crippen LogP contribution is -2.67. The molecule has 0 amide bonds. The first-order chi connectivity index (χ1) is 7.67. The van der Waals surface area contributed by atoms with E-state index in [0.717, 1.165) is 0 Å². The van der Waals surface area contributed by atoms with Gasteiger partial charge in [0.2, 0.25) is 0 Å². The maximum absolute atomic E-state index is 11.8. The van der Waals surface area contributed by atoms with Crippen molar-refractivity contribution in [2.45, 2.75) is 19.6 Å². The van der Waals surface area contributed by atoms with Gasteiger partial charge in [-0.05, 0) is 13.8 Å². The number of hydrogen-bond acceptors (Lipinski definition) is 4. The molecule has 0 aliphatic carbocycles. The summed E-state index contributed by atoms with van der Waals surface area (Å²) in [5.41, 5.74) is -0.154. The number of hydrogen-bond donors (Lipinski definition) is 0. The van der Waals surface area contributed by atoms with Crippen LogP contribution in [0, 0.1) is 5.41 Å². The van der Waals surface area contributed by atoms with Gasteiger partial charge in [-0.15, -0.1) is 0 Å². The van der Waals surface area contributed by atoms with Crippen molar-refractivity contribution in [1.29, 1.82) is 0 Å². The van der Waals surface area contributed by atoms with Crippen molar-refractivity contribution < 1.29 is 17.9 Å². The molecule has 0 bridgehead atoms. The fourth-order valence-corrected chi connectivity index (χ4v) is 3.35. The fraction of sp³-hybridized carbons (Fsp3) is 1.00. The summed E-state index contributed by atoms with van der Waals surface area (Å²) in [4.78, 5) is 0. The Bertz CT molecular complexity index is 387. The monoisotopic (exact) mass is 264 g/mol. The predicted octanol–water partition coefficient (Wildman–Crippen LogP) is -0.122. The van der Waals surface area contributed by atoms with E-state index in [1.54, 1.807) is 0 Å². The summed E-state index contributed by atoms with van der Waals surface area (Å²) in [6.45, 7) is 5.80. The van der Waals surface area contributed by atoms with E-state index in [4.69, 9.17) is 9.47 Å². The Morgan fingerprint density at radius 1 is 1.12 bits per heavy atom. The molecule has 17 heavy (non-hydrogen) atoms. The highest BCUT2D eigenvalue weighted by molar-refractivity contribution is 7.86. The SMILES string of the molecule is CN(C)S(=O)(=O)N1CC2(COC(C)(C)OC2)C1. The summed E-state index contributed by atoms with van der Waals surface area (Å²) in [6, 6.07) is 0. The Kier molecular flexibility index (Phi) is 3.03. The molecule has 0 saturated carbocycles. The highest BCUT2D eigenvalue weighted by atomic mass is 32.2. The van der Waals surface area contributed by atoms with Gasteiger partial charge < -0.3 is 9.47 Å². The standard InChI is InChI=1S/C10H20N2O4S/c1-9(2)15-7-10(8-16-9)5-12(6-10)17(13,14)11(3)4/h5-8H2,1-4H3. The van der Waals surface area contributed by atoms with Gasteiger partial charge in [0, 0.05) is 32.6 Å². The second-order valence-electron chi connectivity index (χ2n) is 5.54. The third-order valence-electron chi connectivity index (χ3n) is 3.26. The van der Waals surface area contributed by atoms with Crippen LogP contribution in [-0.2, 0) is 19.7 Å². The van der Waals surface area contributed by atoms with Crippen molar-refractivity contribution in [3.63, 3.8) is 0 Å². The van der Waals surface area contributed by atoms with Crippen LogP contribution in [0.25, 0.3) is 0 Å². The van der Waals surface area contributed by atoms with Gasteiger partial charge in [0.05, 0.1) is 13.2 Å². The van der Waals surface area contributed by atoms with Crippen LogP contribution in [0.2, 0.25) is 0 Å². The van der Waals surface area contributed by atoms with Crippen LogP contribution in [0.15, 0.2) is 0 Å². The molecule has 2 aliphatic heterocycles. The molecule has 2 rings (SSSR count). The van der Waals surface area contributed by atoms with Crippen LogP contribution < -0.4 is 0 Å². The number of nitrogens with zero attached hydrogens (tertiary/aromatic N) is 2. The van der Waals surface area contributed by atoms with E-state index in [2.05, 4.69) is 0 Å². The maximum atomic E-state index is 11.8. The van der Waals surface area contributed by atoms with Gasteiger partial charge >= 0.3 is 0 Å². The number of ether oxygens (including phenoxy) is 2. The molecule has 0 aromatic rings. The first-order valence-corrected chi connectivity index (χ1v) is 7.02. The third kappa shape index (κ3) is 2.34. The predicted molar refractivity (Wildman–Crippen MR) is 62.6 cm³/mol. The van der Waals surface area contributed by atoms with Crippen LogP contribution in [0.5, 0.6) is 0 Å². The van der Waals surface area contributed by atoms with E-state index < -0.39 is 16.0 Å². The van der Waals surface area contributed by atoms with Crippen LogP contribution >= 0.6 is 0 Å². The molecule has 2 saturated heterocycles. The molecule has 0 radical (unpaired) electrons. The molecule has 0 N–H and O–H groups in total. The lowest BCUT2D eigenvalue weighted by molar-refractivity contribution is -0.299. The van der Waals surface area contributed by atoms with Crippen molar-refractivity contribution in [3.05, 3.63) is 0 Å². The summed E-state index contributed by atoms with van der Waals surface area (Å²) in [6.07, 6.45) is 0. The minimum atomic E-state index is -3.29. The van der Waals surface area contributed by atoms with Crippen molar-refractivity contribution in [2.75, 3.05) is 40.4 Å². The van der Waals surface area contributed by atoms with Gasteiger partial charge in [-0.3, -0.25) is 0 Å². The van der Waals surface area contributed by atoms with Gasteiger partial charge in [0.1, 0.15) is 0 Å². The first-order valence-electron chi connectivity index (χ1n) is 5.63. The zero-order chi connectivity index (χ0) is 12.9. The second-order valence-corrected chi connectivity index (χ2v) is 7.68. The molecule has 0 aromatic heterocycles. The zero-order valence-corrected chi connectivity index (χ0v) is 11.6. The van der Waals surface area contributed by atoms with E-state index in [1.807, 2.05) is 13.8 Å². The molecule has 2 aliphatic rings. The lowest BCUT2D eigenvalue weighted by Gasteiger charge is -2.53. The maximum Gasteiger partial charge on any atom is 0.281 e. The molecular weight excluding hydrogens is 244 g/mol. The quantitative estimate of drug-likeness (QED) is 0.697. The van der Waals surface area contributed by atoms with Crippen LogP contribution in [0.3, 0.4) is 0 Å². The highest BCUT2D eigenvalue weighted by Gasteiger charge is 2.52. The first kappa shape index (κ1) is 13.2. The van der Waals surface area contributed by atoms with E-state index in [9.17, 15) is 8.42 Å². The minimum absolute atomic E-state index is 0.154. The van der Waals surface area contributed by atoms with Crippen molar-refractivity contribution in [1.82, 2.24) is 8.61 Å². The Labute approximate surface area is 103 Å². The van der Waals surface area contributed by atoms with Gasteiger partial charge in [0.15, 0.2) is 5.79 Å². The van der Waals surface area contributed by atoms with E-state index >= 15 is 0 Å². The van der Waals surface area contributed by atoms with Gasteiger partial charge in [-0.1, -0.05) is 0 Å². The summed E-state index contributed by atoms with van der Waals surface area (Å²) in [5, 5.41) is 0. The molecule has 7 heteroatoms. The summed E-state index contributed by atoms with van der Waals surface area (Å²) >= 11 is 0. The molecule has 0 unspecified atom stereocenters. The third-order valence-corrected chi connectivity index (χ3v) is 5.10. The minimum Gasteiger partial charge on any atom is -0.350 e. The smallest absolute Gasteiger partial charge is 0.281 e. The van der Waals surface area contributed by atoms with Gasteiger partial charge in [-0.2, -0.15) is 17.0 Å². The molecular formula is C10H20N2O4S. The Morgan fingerprint density at radius 3 is 2.00 bits per heavy atom. The van der Waals surface area contributed by atoms with Crippen molar-refractivity contribution in [3.8, 4) is 0 Å².